The van der Waals surface area contributed by atoms with Crippen LogP contribution in [0.1, 0.15) is 50.5 Å². The van der Waals surface area contributed by atoms with Crippen molar-refractivity contribution in [1.29, 1.82) is 0 Å². The third-order valence-electron chi connectivity index (χ3n) is 3.99. The normalized spacial score (nSPS) is 10.6. The molecule has 0 saturated carbocycles. The first kappa shape index (κ1) is 22.4. The monoisotopic (exact) mass is 401 g/mol. The Kier molecular flexibility index (Phi) is 8.19. The Morgan fingerprint density at radius 2 is 1.52 bits per heavy atom. The van der Waals surface area contributed by atoms with E-state index in [0.29, 0.717) is 42.6 Å². The minimum atomic E-state index is -0.254. The van der Waals surface area contributed by atoms with Gasteiger partial charge in [0.1, 0.15) is 5.75 Å². The van der Waals surface area contributed by atoms with Gasteiger partial charge in [-0.2, -0.15) is 0 Å². The molecule has 0 spiro atoms. The molecular weight excluding hydrogens is 370 g/mol. The molecule has 2 rings (SSSR count). The van der Waals surface area contributed by atoms with Crippen LogP contribution in [0.15, 0.2) is 30.3 Å². The van der Waals surface area contributed by atoms with Crippen molar-refractivity contribution < 1.29 is 23.7 Å². The third kappa shape index (κ3) is 6.04. The second-order valence-corrected chi connectivity index (χ2v) is 6.70. The maximum Gasteiger partial charge on any atom is 0.255 e. The molecule has 0 atom stereocenters. The largest absolute Gasteiger partial charge is 0.491 e. The van der Waals surface area contributed by atoms with Crippen LogP contribution in [-0.2, 0) is 0 Å². The van der Waals surface area contributed by atoms with E-state index in [1.165, 1.54) is 0 Å². The minimum absolute atomic E-state index is 0.0904. The van der Waals surface area contributed by atoms with Gasteiger partial charge >= 0.3 is 0 Å². The molecule has 2 aromatic carbocycles. The van der Waals surface area contributed by atoms with Gasteiger partial charge in [-0.15, -0.1) is 0 Å². The molecule has 1 amide bonds. The molecule has 29 heavy (non-hydrogen) atoms. The van der Waals surface area contributed by atoms with Gasteiger partial charge in [0.05, 0.1) is 25.9 Å². The fourth-order valence-electron chi connectivity index (χ4n) is 2.84. The highest BCUT2D eigenvalue weighted by Crippen LogP contribution is 2.39. The van der Waals surface area contributed by atoms with Gasteiger partial charge in [-0.25, -0.2) is 0 Å². The summed E-state index contributed by atoms with van der Waals surface area (Å²) >= 11 is 0. The lowest BCUT2D eigenvalue weighted by Gasteiger charge is -2.17. The summed E-state index contributed by atoms with van der Waals surface area (Å²) in [6.45, 7) is 12.9. The number of ether oxygens (including phenoxy) is 4. The summed E-state index contributed by atoms with van der Waals surface area (Å²) < 4.78 is 22.8. The average Bonchev–Trinajstić information content (AvgIpc) is 2.66. The summed E-state index contributed by atoms with van der Waals surface area (Å²) in [4.78, 5) is 12.9. The van der Waals surface area contributed by atoms with Crippen LogP contribution >= 0.6 is 0 Å². The van der Waals surface area contributed by atoms with Crippen molar-refractivity contribution in [3.05, 3.63) is 41.5 Å². The van der Waals surface area contributed by atoms with Crippen LogP contribution in [0.5, 0.6) is 23.0 Å². The van der Waals surface area contributed by atoms with Crippen LogP contribution in [0.3, 0.4) is 0 Å². The van der Waals surface area contributed by atoms with Crippen molar-refractivity contribution in [2.45, 2.75) is 47.6 Å². The van der Waals surface area contributed by atoms with Crippen molar-refractivity contribution in [2.75, 3.05) is 25.1 Å². The number of amides is 1. The van der Waals surface area contributed by atoms with Crippen molar-refractivity contribution in [3.8, 4) is 23.0 Å². The minimum Gasteiger partial charge on any atom is -0.491 e. The number of aryl methyl sites for hydroxylation is 1. The first-order valence-electron chi connectivity index (χ1n) is 10.0. The molecule has 158 valence electrons. The number of hydrogen-bond acceptors (Lipinski definition) is 5. The van der Waals surface area contributed by atoms with Gasteiger partial charge in [0.15, 0.2) is 11.5 Å². The Bertz CT molecular complexity index is 805. The van der Waals surface area contributed by atoms with Gasteiger partial charge in [0.2, 0.25) is 5.75 Å². The lowest BCUT2D eigenvalue weighted by atomic mass is 10.1. The van der Waals surface area contributed by atoms with Gasteiger partial charge in [-0.3, -0.25) is 4.79 Å². The van der Waals surface area contributed by atoms with E-state index in [0.717, 1.165) is 17.0 Å². The summed E-state index contributed by atoms with van der Waals surface area (Å²) in [5.41, 5.74) is 2.07. The van der Waals surface area contributed by atoms with Gasteiger partial charge < -0.3 is 24.3 Å². The van der Waals surface area contributed by atoms with Gasteiger partial charge in [-0.05, 0) is 77.4 Å². The Morgan fingerprint density at radius 3 is 2.00 bits per heavy atom. The van der Waals surface area contributed by atoms with Crippen molar-refractivity contribution in [3.63, 3.8) is 0 Å². The maximum absolute atomic E-state index is 12.9. The van der Waals surface area contributed by atoms with E-state index >= 15 is 0 Å². The van der Waals surface area contributed by atoms with Crippen LogP contribution < -0.4 is 24.3 Å². The van der Waals surface area contributed by atoms with Gasteiger partial charge in [-0.1, -0.05) is 0 Å². The number of nitrogens with one attached hydrogen (secondary N) is 1. The van der Waals surface area contributed by atoms with Crippen molar-refractivity contribution in [2.24, 2.45) is 0 Å². The first-order chi connectivity index (χ1) is 13.9. The highest BCUT2D eigenvalue weighted by Gasteiger charge is 2.19. The number of carbonyl (C=O) groups excluding carboxylic acids is 1. The number of rotatable bonds is 10. The highest BCUT2D eigenvalue weighted by atomic mass is 16.5. The summed E-state index contributed by atoms with van der Waals surface area (Å²) in [5.74, 6) is 2.01. The lowest BCUT2D eigenvalue weighted by Crippen LogP contribution is -2.14. The van der Waals surface area contributed by atoms with Crippen molar-refractivity contribution >= 4 is 11.6 Å². The van der Waals surface area contributed by atoms with E-state index in [1.807, 2.05) is 59.7 Å². The van der Waals surface area contributed by atoms with E-state index < -0.39 is 0 Å². The Hall–Kier alpha value is -2.89. The molecule has 0 radical (unpaired) electrons. The van der Waals surface area contributed by atoms with E-state index in [-0.39, 0.29) is 12.0 Å². The van der Waals surface area contributed by atoms with Gasteiger partial charge in [0.25, 0.3) is 5.91 Å². The Balaban J connectivity index is 2.32. The Labute approximate surface area is 173 Å². The van der Waals surface area contributed by atoms with E-state index in [9.17, 15) is 4.79 Å². The fourth-order valence-corrected chi connectivity index (χ4v) is 2.84. The maximum atomic E-state index is 12.9. The second-order valence-electron chi connectivity index (χ2n) is 6.70. The molecule has 0 unspecified atom stereocenters. The Morgan fingerprint density at radius 1 is 0.931 bits per heavy atom. The SMILES string of the molecule is CCOc1cc(C(=O)Nc2ccc(OC(C)C)cc2C)cc(OCC)c1OCC. The molecule has 0 saturated heterocycles. The second kappa shape index (κ2) is 10.6. The number of benzene rings is 2. The molecule has 0 aliphatic heterocycles. The van der Waals surface area contributed by atoms with Gasteiger partial charge in [0, 0.05) is 11.3 Å². The van der Waals surface area contributed by atoms with E-state index in [4.69, 9.17) is 18.9 Å². The molecule has 6 nitrogen and oxygen atoms in total. The van der Waals surface area contributed by atoms with Crippen molar-refractivity contribution in [1.82, 2.24) is 0 Å². The van der Waals surface area contributed by atoms with Crippen LogP contribution in [-0.4, -0.2) is 31.8 Å². The standard InChI is InChI=1S/C23H31NO5/c1-7-26-20-13-17(14-21(27-8-2)22(20)28-9-3)23(25)24-19-11-10-18(12-16(19)6)29-15(4)5/h10-15H,7-9H2,1-6H3,(H,24,25). The van der Waals surface area contributed by atoms with Crippen LogP contribution in [0, 0.1) is 6.92 Å². The average molecular weight is 402 g/mol. The summed E-state index contributed by atoms with van der Waals surface area (Å²) in [5, 5.41) is 2.95. The zero-order chi connectivity index (χ0) is 21.4. The number of carbonyl (C=O) groups is 1. The zero-order valence-corrected chi connectivity index (χ0v) is 18.1. The summed E-state index contributed by atoms with van der Waals surface area (Å²) in [7, 11) is 0. The molecule has 0 heterocycles. The lowest BCUT2D eigenvalue weighted by molar-refractivity contribution is 0.102. The molecule has 0 aliphatic rings. The topological polar surface area (TPSA) is 66.0 Å². The summed E-state index contributed by atoms with van der Waals surface area (Å²) in [6.07, 6.45) is 0.0904. The molecule has 2 aromatic rings. The van der Waals surface area contributed by atoms with Crippen LogP contribution in [0.4, 0.5) is 5.69 Å². The number of anilines is 1. The highest BCUT2D eigenvalue weighted by molar-refractivity contribution is 6.05. The van der Waals surface area contributed by atoms with E-state index in [2.05, 4.69) is 5.32 Å². The van der Waals surface area contributed by atoms with E-state index in [1.54, 1.807) is 12.1 Å². The smallest absolute Gasteiger partial charge is 0.255 e. The molecule has 6 heteroatoms. The zero-order valence-electron chi connectivity index (χ0n) is 18.1. The van der Waals surface area contributed by atoms with Crippen LogP contribution in [0.2, 0.25) is 0 Å². The fraction of sp³-hybridized carbons (Fsp3) is 0.435. The molecule has 0 fully saturated rings. The number of hydrogen-bond donors (Lipinski definition) is 1. The first-order valence-corrected chi connectivity index (χ1v) is 10.0. The predicted octanol–water partition coefficient (Wildman–Crippen LogP) is 5.23. The molecule has 1 N–H and O–H groups in total. The summed E-state index contributed by atoms with van der Waals surface area (Å²) in [6, 6.07) is 8.95. The quantitative estimate of drug-likeness (QED) is 0.590. The predicted molar refractivity (Wildman–Crippen MR) is 115 cm³/mol. The molecule has 0 aliphatic carbocycles. The third-order valence-corrected chi connectivity index (χ3v) is 3.99. The molecule has 0 aromatic heterocycles. The van der Waals surface area contributed by atoms with Crippen LogP contribution in [0.25, 0.3) is 0 Å². The molecular formula is C23H31NO5. The molecule has 0 bridgehead atoms.